The van der Waals surface area contributed by atoms with Crippen LogP contribution in [-0.4, -0.2) is 23.1 Å². The summed E-state index contributed by atoms with van der Waals surface area (Å²) in [6.45, 7) is 1.75. The predicted molar refractivity (Wildman–Crippen MR) is 115 cm³/mol. The minimum Gasteiger partial charge on any atom is -0.497 e. The number of nitrogens with zero attached hydrogens (tertiary/aromatic N) is 1. The maximum atomic E-state index is 12.6. The predicted octanol–water partition coefficient (Wildman–Crippen LogP) is 4.91. The van der Waals surface area contributed by atoms with Crippen LogP contribution in [0.3, 0.4) is 0 Å². The third kappa shape index (κ3) is 4.06. The Morgan fingerprint density at radius 2 is 2.04 bits per heavy atom. The molecule has 0 aliphatic carbocycles. The van der Waals surface area contributed by atoms with Crippen LogP contribution < -0.4 is 15.4 Å². The molecule has 0 saturated heterocycles. The minimum atomic E-state index is -0.518. The van der Waals surface area contributed by atoms with Crippen LogP contribution in [0.4, 0.5) is 11.4 Å². The fourth-order valence-corrected chi connectivity index (χ4v) is 4.17. The maximum Gasteiger partial charge on any atom is 0.292 e. The molecule has 0 aliphatic heterocycles. The number of nitrogens with one attached hydrogen (secondary N) is 2. The van der Waals surface area contributed by atoms with Crippen molar-refractivity contribution in [1.29, 1.82) is 0 Å². The Morgan fingerprint density at radius 1 is 1.29 bits per heavy atom. The Hall–Kier alpha value is -2.75. The molecule has 28 heavy (non-hydrogen) atoms. The fraction of sp³-hybridized carbons (Fsp3) is 0.111. The number of hydrogen-bond donors (Lipinski definition) is 2. The molecule has 1 aromatic heterocycles. The summed E-state index contributed by atoms with van der Waals surface area (Å²) < 4.78 is 5.97. The highest BCUT2D eigenvalue weighted by Gasteiger charge is 2.20. The summed E-state index contributed by atoms with van der Waals surface area (Å²) in [6, 6.07) is 9.97. The van der Waals surface area contributed by atoms with E-state index in [1.165, 1.54) is 23.5 Å². The highest BCUT2D eigenvalue weighted by Crippen LogP contribution is 2.37. The van der Waals surface area contributed by atoms with E-state index in [1.807, 2.05) is 0 Å². The number of rotatable bonds is 4. The minimum absolute atomic E-state index is 0.0666. The Labute approximate surface area is 174 Å². The molecule has 0 fully saturated rings. The number of carbonyl (C=O) groups is 1. The number of nitro benzene ring substituents is 1. The summed E-state index contributed by atoms with van der Waals surface area (Å²) in [5, 5.41) is 17.4. The van der Waals surface area contributed by atoms with Gasteiger partial charge in [-0.05, 0) is 49.0 Å². The number of nitro groups is 1. The van der Waals surface area contributed by atoms with Gasteiger partial charge in [-0.15, -0.1) is 11.3 Å². The molecule has 2 N–H and O–H groups in total. The van der Waals surface area contributed by atoms with Crippen LogP contribution in [0, 0.1) is 17.0 Å². The van der Waals surface area contributed by atoms with Gasteiger partial charge in [0.05, 0.1) is 17.1 Å². The van der Waals surface area contributed by atoms with Gasteiger partial charge in [0.1, 0.15) is 16.3 Å². The number of methoxy groups -OCH3 is 1. The van der Waals surface area contributed by atoms with Crippen LogP contribution >= 0.6 is 35.2 Å². The number of hydrogen-bond acceptors (Lipinski definition) is 6. The second-order valence-electron chi connectivity index (χ2n) is 5.79. The van der Waals surface area contributed by atoms with Gasteiger partial charge in [0.15, 0.2) is 5.11 Å². The van der Waals surface area contributed by atoms with Gasteiger partial charge < -0.3 is 10.1 Å². The summed E-state index contributed by atoms with van der Waals surface area (Å²) >= 11 is 12.7. The monoisotopic (exact) mass is 435 g/mol. The van der Waals surface area contributed by atoms with E-state index in [2.05, 4.69) is 10.6 Å². The number of carbonyl (C=O) groups excluding carboxylic acids is 1. The molecular weight excluding hydrogens is 422 g/mol. The van der Waals surface area contributed by atoms with E-state index in [-0.39, 0.29) is 21.4 Å². The quantitative estimate of drug-likeness (QED) is 0.343. The molecule has 0 aliphatic rings. The zero-order valence-electron chi connectivity index (χ0n) is 14.7. The number of fused-ring (bicyclic) bond motifs is 1. The van der Waals surface area contributed by atoms with Crippen molar-refractivity contribution in [1.82, 2.24) is 5.32 Å². The first kappa shape index (κ1) is 20.0. The topological polar surface area (TPSA) is 93.5 Å². The van der Waals surface area contributed by atoms with Crippen molar-refractivity contribution < 1.29 is 14.5 Å². The van der Waals surface area contributed by atoms with Crippen LogP contribution in [0.5, 0.6) is 5.75 Å². The standard InChI is InChI=1S/C18H14ClN3O4S2/c1-9-3-6-12(13(7-9)22(24)25)20-18(27)21-17(23)16-15(19)11-5-4-10(26-2)8-14(11)28-16/h3-8H,1-2H3,(H2,20,21,23,27). The summed E-state index contributed by atoms with van der Waals surface area (Å²) in [4.78, 5) is 23.6. The molecule has 0 saturated carbocycles. The van der Waals surface area contributed by atoms with E-state index in [0.29, 0.717) is 10.8 Å². The Kier molecular flexibility index (Phi) is 5.78. The number of amides is 1. The van der Waals surface area contributed by atoms with Gasteiger partial charge in [-0.1, -0.05) is 17.7 Å². The van der Waals surface area contributed by atoms with E-state index < -0.39 is 10.8 Å². The van der Waals surface area contributed by atoms with E-state index in [4.69, 9.17) is 28.6 Å². The lowest BCUT2D eigenvalue weighted by Gasteiger charge is -2.10. The maximum absolute atomic E-state index is 12.6. The lowest BCUT2D eigenvalue weighted by molar-refractivity contribution is -0.383. The molecule has 144 valence electrons. The first-order chi connectivity index (χ1) is 13.3. The molecule has 0 atom stereocenters. The Bertz CT molecular complexity index is 1110. The zero-order valence-corrected chi connectivity index (χ0v) is 17.1. The molecule has 7 nitrogen and oxygen atoms in total. The Morgan fingerprint density at radius 3 is 2.71 bits per heavy atom. The van der Waals surface area contributed by atoms with E-state index >= 15 is 0 Å². The summed E-state index contributed by atoms with van der Waals surface area (Å²) in [5.74, 6) is 0.152. The smallest absolute Gasteiger partial charge is 0.292 e. The highest BCUT2D eigenvalue weighted by molar-refractivity contribution is 7.80. The molecule has 0 radical (unpaired) electrons. The number of anilines is 1. The lowest BCUT2D eigenvalue weighted by atomic mass is 10.2. The molecule has 3 rings (SSSR count). The van der Waals surface area contributed by atoms with Crippen LogP contribution in [0.2, 0.25) is 5.02 Å². The molecule has 0 bridgehead atoms. The average molecular weight is 436 g/mol. The number of halogens is 1. The first-order valence-electron chi connectivity index (χ1n) is 7.93. The van der Waals surface area contributed by atoms with Gasteiger partial charge in [-0.25, -0.2) is 0 Å². The third-order valence-electron chi connectivity index (χ3n) is 3.87. The average Bonchev–Trinajstić information content (AvgIpc) is 2.99. The number of thiocarbonyl (C=S) groups is 1. The molecule has 0 unspecified atom stereocenters. The van der Waals surface area contributed by atoms with Gasteiger partial charge in [0, 0.05) is 16.2 Å². The van der Waals surface area contributed by atoms with Crippen LogP contribution in [-0.2, 0) is 0 Å². The molecule has 10 heteroatoms. The summed E-state index contributed by atoms with van der Waals surface area (Å²) in [7, 11) is 1.55. The van der Waals surface area contributed by atoms with E-state index in [1.54, 1.807) is 38.3 Å². The largest absolute Gasteiger partial charge is 0.497 e. The van der Waals surface area contributed by atoms with E-state index in [9.17, 15) is 14.9 Å². The van der Waals surface area contributed by atoms with Crippen molar-refractivity contribution in [3.05, 3.63) is 62.0 Å². The van der Waals surface area contributed by atoms with Crippen molar-refractivity contribution in [2.75, 3.05) is 12.4 Å². The SMILES string of the molecule is COc1ccc2c(Cl)c(C(=O)NC(=S)Nc3ccc(C)cc3[N+](=O)[O-])sc2c1. The van der Waals surface area contributed by atoms with Gasteiger partial charge in [-0.3, -0.25) is 20.2 Å². The van der Waals surface area contributed by atoms with Gasteiger partial charge in [-0.2, -0.15) is 0 Å². The van der Waals surface area contributed by atoms with Crippen molar-refractivity contribution in [3.63, 3.8) is 0 Å². The number of thiophene rings is 1. The third-order valence-corrected chi connectivity index (χ3v) is 5.73. The second-order valence-corrected chi connectivity index (χ2v) is 7.63. The Balaban J connectivity index is 1.80. The number of aryl methyl sites for hydroxylation is 1. The lowest BCUT2D eigenvalue weighted by Crippen LogP contribution is -2.34. The van der Waals surface area contributed by atoms with Crippen LogP contribution in [0.1, 0.15) is 15.2 Å². The second kappa shape index (κ2) is 8.09. The number of benzene rings is 2. The summed E-state index contributed by atoms with van der Waals surface area (Å²) in [6.07, 6.45) is 0. The van der Waals surface area contributed by atoms with Crippen LogP contribution in [0.25, 0.3) is 10.1 Å². The van der Waals surface area contributed by atoms with Crippen molar-refractivity contribution in [3.8, 4) is 5.75 Å². The van der Waals surface area contributed by atoms with Crippen molar-refractivity contribution in [2.24, 2.45) is 0 Å². The molecular formula is C18H14ClN3O4S2. The summed E-state index contributed by atoms with van der Waals surface area (Å²) in [5.41, 5.74) is 0.788. The van der Waals surface area contributed by atoms with Crippen LogP contribution in [0.15, 0.2) is 36.4 Å². The molecule has 1 amide bonds. The van der Waals surface area contributed by atoms with Gasteiger partial charge >= 0.3 is 0 Å². The van der Waals surface area contributed by atoms with Gasteiger partial charge in [0.25, 0.3) is 11.6 Å². The fourth-order valence-electron chi connectivity index (χ4n) is 2.53. The van der Waals surface area contributed by atoms with Crippen molar-refractivity contribution in [2.45, 2.75) is 6.92 Å². The van der Waals surface area contributed by atoms with Crippen molar-refractivity contribution >= 4 is 67.6 Å². The van der Waals surface area contributed by atoms with E-state index in [0.717, 1.165) is 15.6 Å². The number of ether oxygens (including phenoxy) is 1. The molecule has 1 heterocycles. The normalized spacial score (nSPS) is 10.5. The molecule has 0 spiro atoms. The first-order valence-corrected chi connectivity index (χ1v) is 9.54. The molecule has 2 aromatic carbocycles. The highest BCUT2D eigenvalue weighted by atomic mass is 35.5. The zero-order chi connectivity index (χ0) is 20.4. The molecule has 3 aromatic rings. The van der Waals surface area contributed by atoms with Gasteiger partial charge in [0.2, 0.25) is 0 Å².